The summed E-state index contributed by atoms with van der Waals surface area (Å²) in [6, 6.07) is 8.80. The molecule has 0 radical (unpaired) electrons. The minimum atomic E-state index is -0.333. The van der Waals surface area contributed by atoms with Crippen LogP contribution >= 0.6 is 0 Å². The van der Waals surface area contributed by atoms with Gasteiger partial charge in [-0.25, -0.2) is 0 Å². The molecule has 92 valence electrons. The second-order valence-corrected chi connectivity index (χ2v) is 5.58. The molecule has 0 aromatic heterocycles. The Balaban J connectivity index is 2.84. The summed E-state index contributed by atoms with van der Waals surface area (Å²) in [7, 11) is 0. The fraction of sp³-hybridized carbons (Fsp3) is 0.533. The number of hydrogen-bond acceptors (Lipinski definition) is 2. The monoisotopic (exact) mass is 230 g/mol. The fourth-order valence-electron chi connectivity index (χ4n) is 1.54. The van der Waals surface area contributed by atoms with E-state index in [0.29, 0.717) is 12.5 Å². The number of aryl methyl sites for hydroxylation is 1. The van der Waals surface area contributed by atoms with Crippen molar-refractivity contribution < 1.29 is 0 Å². The second kappa shape index (κ2) is 5.23. The number of nitrogens with zero attached hydrogens (tertiary/aromatic N) is 1. The maximum atomic E-state index is 8.99. The Bertz CT molecular complexity index is 425. The van der Waals surface area contributed by atoms with Crippen LogP contribution in [-0.2, 0) is 0 Å². The van der Waals surface area contributed by atoms with Crippen LogP contribution in [0.15, 0.2) is 18.2 Å². The van der Waals surface area contributed by atoms with Crippen molar-refractivity contribution in [2.24, 2.45) is 5.41 Å². The number of nitrogens with one attached hydrogen (secondary N) is 1. The van der Waals surface area contributed by atoms with Gasteiger partial charge in [0.25, 0.3) is 0 Å². The number of rotatable bonds is 4. The lowest BCUT2D eigenvalue weighted by Crippen LogP contribution is -2.21. The van der Waals surface area contributed by atoms with E-state index in [9.17, 15) is 0 Å². The van der Waals surface area contributed by atoms with Gasteiger partial charge in [0.05, 0.1) is 11.5 Å². The van der Waals surface area contributed by atoms with Crippen molar-refractivity contribution in [2.45, 2.75) is 40.5 Å². The maximum Gasteiger partial charge on any atom is 0.0702 e. The molecule has 1 aromatic carbocycles. The van der Waals surface area contributed by atoms with Gasteiger partial charge in [0.1, 0.15) is 0 Å². The minimum absolute atomic E-state index is 0.333. The van der Waals surface area contributed by atoms with Crippen molar-refractivity contribution >= 4 is 5.69 Å². The van der Waals surface area contributed by atoms with Crippen LogP contribution in [0.1, 0.15) is 44.7 Å². The third-order valence-corrected chi connectivity index (χ3v) is 2.95. The van der Waals surface area contributed by atoms with Crippen LogP contribution in [0, 0.1) is 23.7 Å². The number of anilines is 1. The Morgan fingerprint density at radius 3 is 2.53 bits per heavy atom. The van der Waals surface area contributed by atoms with E-state index in [1.54, 1.807) is 0 Å². The van der Waals surface area contributed by atoms with Crippen LogP contribution in [0.4, 0.5) is 5.69 Å². The molecule has 1 N–H and O–H groups in total. The third kappa shape index (κ3) is 3.78. The Morgan fingerprint density at radius 2 is 2.00 bits per heavy atom. The van der Waals surface area contributed by atoms with Crippen LogP contribution in [0.25, 0.3) is 0 Å². The zero-order chi connectivity index (χ0) is 13.1. The lowest BCUT2D eigenvalue weighted by atomic mass is 9.95. The molecule has 2 heteroatoms. The highest BCUT2D eigenvalue weighted by atomic mass is 14.9. The van der Waals surface area contributed by atoms with E-state index in [0.717, 1.165) is 5.69 Å². The predicted octanol–water partition coefficient (Wildman–Crippen LogP) is 4.08. The molecule has 0 amide bonds. The van der Waals surface area contributed by atoms with Crippen LogP contribution in [-0.4, -0.2) is 6.54 Å². The summed E-state index contributed by atoms with van der Waals surface area (Å²) in [5, 5.41) is 12.4. The topological polar surface area (TPSA) is 35.8 Å². The van der Waals surface area contributed by atoms with Gasteiger partial charge in [-0.05, 0) is 43.9 Å². The van der Waals surface area contributed by atoms with Gasteiger partial charge in [-0.2, -0.15) is 5.26 Å². The average Bonchev–Trinajstić information content (AvgIpc) is 2.27. The highest BCUT2D eigenvalue weighted by molar-refractivity contribution is 5.53. The first-order valence-electron chi connectivity index (χ1n) is 6.11. The summed E-state index contributed by atoms with van der Waals surface area (Å²) < 4.78 is 0. The molecule has 0 bridgehead atoms. The Kier molecular flexibility index (Phi) is 4.17. The molecule has 2 nitrogen and oxygen atoms in total. The molecule has 0 aliphatic rings. The molecule has 0 aliphatic carbocycles. The van der Waals surface area contributed by atoms with Crippen molar-refractivity contribution in [2.75, 3.05) is 11.9 Å². The van der Waals surface area contributed by atoms with Gasteiger partial charge in [0, 0.05) is 12.2 Å². The van der Waals surface area contributed by atoms with E-state index in [1.807, 2.05) is 13.8 Å². The second-order valence-electron chi connectivity index (χ2n) is 5.58. The van der Waals surface area contributed by atoms with Gasteiger partial charge in [-0.15, -0.1) is 0 Å². The van der Waals surface area contributed by atoms with Crippen molar-refractivity contribution in [1.82, 2.24) is 0 Å². The molecular weight excluding hydrogens is 208 g/mol. The number of benzene rings is 1. The lowest BCUT2D eigenvalue weighted by molar-refractivity contribution is 0.528. The van der Waals surface area contributed by atoms with E-state index in [4.69, 9.17) is 5.26 Å². The minimum Gasteiger partial charge on any atom is -0.383 e. The van der Waals surface area contributed by atoms with Gasteiger partial charge in [0.2, 0.25) is 0 Å². The summed E-state index contributed by atoms with van der Waals surface area (Å²) in [5.74, 6) is 0.528. The van der Waals surface area contributed by atoms with Gasteiger partial charge < -0.3 is 5.32 Å². The summed E-state index contributed by atoms with van der Waals surface area (Å²) >= 11 is 0. The van der Waals surface area contributed by atoms with Gasteiger partial charge in [-0.1, -0.05) is 26.0 Å². The van der Waals surface area contributed by atoms with Crippen LogP contribution in [0.2, 0.25) is 0 Å². The van der Waals surface area contributed by atoms with Crippen molar-refractivity contribution in [1.29, 1.82) is 5.26 Å². The highest BCUT2D eigenvalue weighted by Gasteiger charge is 2.16. The summed E-state index contributed by atoms with van der Waals surface area (Å²) in [5.41, 5.74) is 3.36. The summed E-state index contributed by atoms with van der Waals surface area (Å²) in [6.45, 7) is 11.0. The molecule has 17 heavy (non-hydrogen) atoms. The Morgan fingerprint density at radius 1 is 1.35 bits per heavy atom. The first-order chi connectivity index (χ1) is 7.85. The van der Waals surface area contributed by atoms with Crippen molar-refractivity contribution in [3.05, 3.63) is 29.3 Å². The zero-order valence-electron chi connectivity index (χ0n) is 11.5. The maximum absolute atomic E-state index is 8.99. The predicted molar refractivity (Wildman–Crippen MR) is 73.2 cm³/mol. The molecule has 0 heterocycles. The fourth-order valence-corrected chi connectivity index (χ4v) is 1.54. The van der Waals surface area contributed by atoms with Crippen molar-refractivity contribution in [3.63, 3.8) is 0 Å². The lowest BCUT2D eigenvalue weighted by Gasteiger charge is -2.19. The Hall–Kier alpha value is -1.49. The van der Waals surface area contributed by atoms with Gasteiger partial charge in [0.15, 0.2) is 0 Å². The molecular formula is C15H22N2. The highest BCUT2D eigenvalue weighted by Crippen LogP contribution is 2.23. The van der Waals surface area contributed by atoms with Gasteiger partial charge >= 0.3 is 0 Å². The molecule has 0 saturated heterocycles. The number of nitriles is 1. The quantitative estimate of drug-likeness (QED) is 0.846. The third-order valence-electron chi connectivity index (χ3n) is 2.95. The Labute approximate surface area is 105 Å². The SMILES string of the molecule is Cc1ccc(C(C)C)cc1NCC(C)(C)C#N. The molecule has 0 saturated carbocycles. The summed E-state index contributed by atoms with van der Waals surface area (Å²) in [4.78, 5) is 0. The largest absolute Gasteiger partial charge is 0.383 e. The van der Waals surface area contributed by atoms with E-state index in [-0.39, 0.29) is 5.41 Å². The van der Waals surface area contributed by atoms with Crippen LogP contribution in [0.5, 0.6) is 0 Å². The molecule has 1 aromatic rings. The molecule has 1 rings (SSSR count). The molecule has 0 fully saturated rings. The van der Waals surface area contributed by atoms with Gasteiger partial charge in [-0.3, -0.25) is 0 Å². The molecule has 0 unspecified atom stereocenters. The van der Waals surface area contributed by atoms with Crippen molar-refractivity contribution in [3.8, 4) is 6.07 Å². The van der Waals surface area contributed by atoms with E-state index in [1.165, 1.54) is 11.1 Å². The standard InChI is InChI=1S/C15H22N2/c1-11(2)13-7-6-12(3)14(8-13)17-10-15(4,5)9-16/h6-8,11,17H,10H2,1-5H3. The first kappa shape index (κ1) is 13.6. The van der Waals surface area contributed by atoms with Crippen LogP contribution < -0.4 is 5.32 Å². The van der Waals surface area contributed by atoms with E-state index >= 15 is 0 Å². The number of hydrogen-bond donors (Lipinski definition) is 1. The normalized spacial score (nSPS) is 11.4. The molecule has 0 spiro atoms. The summed E-state index contributed by atoms with van der Waals surface area (Å²) in [6.07, 6.45) is 0. The van der Waals surface area contributed by atoms with Crippen LogP contribution in [0.3, 0.4) is 0 Å². The van der Waals surface area contributed by atoms with E-state index < -0.39 is 0 Å². The molecule has 0 atom stereocenters. The smallest absolute Gasteiger partial charge is 0.0702 e. The molecule has 0 aliphatic heterocycles. The average molecular weight is 230 g/mol. The van der Waals surface area contributed by atoms with E-state index in [2.05, 4.69) is 50.4 Å². The first-order valence-corrected chi connectivity index (χ1v) is 6.11. The zero-order valence-corrected chi connectivity index (χ0v) is 11.5.